The monoisotopic (exact) mass is 384 g/mol. The molecular formula is C20H21ClN4O2. The molecule has 7 heteroatoms. The summed E-state index contributed by atoms with van der Waals surface area (Å²) in [7, 11) is 0. The number of nitrogens with one attached hydrogen (secondary N) is 2. The molecule has 1 aromatic carbocycles. The average molecular weight is 385 g/mol. The summed E-state index contributed by atoms with van der Waals surface area (Å²) in [6.45, 7) is 6.38. The fourth-order valence-electron chi connectivity index (χ4n) is 2.67. The Balaban J connectivity index is 1.96. The van der Waals surface area contributed by atoms with E-state index in [1.54, 1.807) is 47.0 Å². The summed E-state index contributed by atoms with van der Waals surface area (Å²) in [6, 6.07) is 10.6. The van der Waals surface area contributed by atoms with Gasteiger partial charge < -0.3 is 10.6 Å². The van der Waals surface area contributed by atoms with E-state index < -0.39 is 5.91 Å². The number of imidazole rings is 1. The minimum atomic E-state index is -0.413. The molecule has 0 spiro atoms. The molecule has 0 radical (unpaired) electrons. The van der Waals surface area contributed by atoms with E-state index in [1.165, 1.54) is 0 Å². The van der Waals surface area contributed by atoms with Gasteiger partial charge in [-0.2, -0.15) is 0 Å². The van der Waals surface area contributed by atoms with Crippen LogP contribution in [0.15, 0.2) is 42.6 Å². The van der Waals surface area contributed by atoms with Gasteiger partial charge in [0.25, 0.3) is 11.8 Å². The van der Waals surface area contributed by atoms with E-state index in [-0.39, 0.29) is 17.4 Å². The predicted molar refractivity (Wildman–Crippen MR) is 107 cm³/mol. The number of benzene rings is 1. The first-order chi connectivity index (χ1) is 12.9. The molecule has 0 aliphatic heterocycles. The zero-order valence-corrected chi connectivity index (χ0v) is 16.2. The van der Waals surface area contributed by atoms with Crippen molar-refractivity contribution in [2.45, 2.75) is 20.8 Å². The van der Waals surface area contributed by atoms with Gasteiger partial charge in [-0.3, -0.25) is 14.0 Å². The van der Waals surface area contributed by atoms with E-state index in [1.807, 2.05) is 20.8 Å². The van der Waals surface area contributed by atoms with Crippen LogP contribution in [0.5, 0.6) is 0 Å². The lowest BCUT2D eigenvalue weighted by atomic mass is 10.2. The Morgan fingerprint density at radius 2 is 1.93 bits per heavy atom. The SMILES string of the molecule is Cc1c(Cl)cccc1NC(=O)c1nc(C(=O)NCC(C)C)c2ccccn12. The van der Waals surface area contributed by atoms with Crippen LogP contribution >= 0.6 is 11.6 Å². The highest BCUT2D eigenvalue weighted by Gasteiger charge is 2.22. The van der Waals surface area contributed by atoms with Gasteiger partial charge in [0.15, 0.2) is 5.69 Å². The van der Waals surface area contributed by atoms with Crippen molar-refractivity contribution in [1.82, 2.24) is 14.7 Å². The number of halogens is 1. The van der Waals surface area contributed by atoms with E-state index in [0.29, 0.717) is 28.7 Å². The van der Waals surface area contributed by atoms with Crippen LogP contribution in [-0.2, 0) is 0 Å². The first kappa shape index (κ1) is 18.9. The van der Waals surface area contributed by atoms with Crippen LogP contribution in [0.1, 0.15) is 40.5 Å². The van der Waals surface area contributed by atoms with Crippen molar-refractivity contribution < 1.29 is 9.59 Å². The van der Waals surface area contributed by atoms with Gasteiger partial charge in [0.05, 0.1) is 5.52 Å². The highest BCUT2D eigenvalue weighted by atomic mass is 35.5. The number of amides is 2. The van der Waals surface area contributed by atoms with Crippen molar-refractivity contribution >= 4 is 34.6 Å². The number of carbonyl (C=O) groups excluding carboxylic acids is 2. The molecule has 2 amide bonds. The number of fused-ring (bicyclic) bond motifs is 1. The molecule has 0 aliphatic rings. The second-order valence-electron chi connectivity index (χ2n) is 6.71. The zero-order valence-electron chi connectivity index (χ0n) is 15.4. The molecule has 2 aromatic heterocycles. The summed E-state index contributed by atoms with van der Waals surface area (Å²) in [5.41, 5.74) is 2.17. The van der Waals surface area contributed by atoms with Crippen molar-refractivity contribution in [3.05, 3.63) is 64.7 Å². The van der Waals surface area contributed by atoms with Crippen LogP contribution in [0, 0.1) is 12.8 Å². The molecule has 6 nitrogen and oxygen atoms in total. The number of carbonyl (C=O) groups is 2. The second kappa shape index (κ2) is 7.80. The van der Waals surface area contributed by atoms with Crippen LogP contribution in [0.2, 0.25) is 5.02 Å². The molecular weight excluding hydrogens is 364 g/mol. The molecule has 0 unspecified atom stereocenters. The Morgan fingerprint density at radius 1 is 1.15 bits per heavy atom. The van der Waals surface area contributed by atoms with Crippen LogP contribution in [-0.4, -0.2) is 27.7 Å². The standard InChI is InChI=1S/C20H21ClN4O2/c1-12(2)11-22-19(26)17-16-9-4-5-10-25(16)18(24-17)20(27)23-15-8-6-7-14(21)13(15)3/h4-10,12H,11H2,1-3H3,(H,22,26)(H,23,27). The maximum Gasteiger partial charge on any atom is 0.292 e. The first-order valence-electron chi connectivity index (χ1n) is 8.70. The van der Waals surface area contributed by atoms with Gasteiger partial charge in [0, 0.05) is 23.5 Å². The molecule has 3 rings (SSSR count). The number of pyridine rings is 1. The number of rotatable bonds is 5. The Bertz CT molecular complexity index is 1010. The largest absolute Gasteiger partial charge is 0.350 e. The predicted octanol–water partition coefficient (Wildman–Crippen LogP) is 3.93. The van der Waals surface area contributed by atoms with E-state index in [9.17, 15) is 9.59 Å². The van der Waals surface area contributed by atoms with Crippen LogP contribution in [0.4, 0.5) is 5.69 Å². The molecule has 0 aliphatic carbocycles. The number of nitrogens with zero attached hydrogens (tertiary/aromatic N) is 2. The lowest BCUT2D eigenvalue weighted by Crippen LogP contribution is -2.27. The maximum absolute atomic E-state index is 12.8. The summed E-state index contributed by atoms with van der Waals surface area (Å²) in [5.74, 6) is -0.258. The average Bonchev–Trinajstić information content (AvgIpc) is 3.03. The molecule has 0 saturated carbocycles. The Labute approximate surface area is 162 Å². The number of hydrogen-bond donors (Lipinski definition) is 2. The van der Waals surface area contributed by atoms with Gasteiger partial charge in [-0.15, -0.1) is 0 Å². The van der Waals surface area contributed by atoms with E-state index >= 15 is 0 Å². The molecule has 2 heterocycles. The fourth-order valence-corrected chi connectivity index (χ4v) is 2.84. The maximum atomic E-state index is 12.8. The Morgan fingerprint density at radius 3 is 2.67 bits per heavy atom. The Hall–Kier alpha value is -2.86. The first-order valence-corrected chi connectivity index (χ1v) is 9.08. The van der Waals surface area contributed by atoms with Gasteiger partial charge >= 0.3 is 0 Å². The van der Waals surface area contributed by atoms with Gasteiger partial charge in [-0.1, -0.05) is 37.6 Å². The molecule has 27 heavy (non-hydrogen) atoms. The molecule has 2 N–H and O–H groups in total. The van der Waals surface area contributed by atoms with Crippen LogP contribution in [0.3, 0.4) is 0 Å². The molecule has 3 aromatic rings. The molecule has 140 valence electrons. The van der Waals surface area contributed by atoms with Gasteiger partial charge in [0.1, 0.15) is 0 Å². The van der Waals surface area contributed by atoms with Crippen molar-refractivity contribution in [2.75, 3.05) is 11.9 Å². The minimum Gasteiger partial charge on any atom is -0.350 e. The molecule has 0 bridgehead atoms. The summed E-state index contributed by atoms with van der Waals surface area (Å²) < 4.78 is 1.61. The third-order valence-electron chi connectivity index (χ3n) is 4.15. The van der Waals surface area contributed by atoms with Crippen molar-refractivity contribution in [2.24, 2.45) is 5.92 Å². The third-order valence-corrected chi connectivity index (χ3v) is 4.56. The highest BCUT2D eigenvalue weighted by molar-refractivity contribution is 6.31. The van der Waals surface area contributed by atoms with Crippen molar-refractivity contribution in [1.29, 1.82) is 0 Å². The fraction of sp³-hybridized carbons (Fsp3) is 0.250. The molecule has 0 saturated heterocycles. The smallest absolute Gasteiger partial charge is 0.292 e. The summed E-state index contributed by atoms with van der Waals surface area (Å²) in [6.07, 6.45) is 1.71. The Kier molecular flexibility index (Phi) is 5.46. The van der Waals surface area contributed by atoms with E-state index in [2.05, 4.69) is 15.6 Å². The minimum absolute atomic E-state index is 0.139. The van der Waals surface area contributed by atoms with Crippen molar-refractivity contribution in [3.63, 3.8) is 0 Å². The molecule has 0 fully saturated rings. The highest BCUT2D eigenvalue weighted by Crippen LogP contribution is 2.23. The number of aromatic nitrogens is 2. The van der Waals surface area contributed by atoms with E-state index in [4.69, 9.17) is 11.6 Å². The van der Waals surface area contributed by atoms with E-state index in [0.717, 1.165) is 5.56 Å². The lowest BCUT2D eigenvalue weighted by Gasteiger charge is -2.08. The summed E-state index contributed by atoms with van der Waals surface area (Å²) in [4.78, 5) is 29.7. The number of hydrogen-bond acceptors (Lipinski definition) is 3. The van der Waals surface area contributed by atoms with Gasteiger partial charge in [-0.25, -0.2) is 4.98 Å². The lowest BCUT2D eigenvalue weighted by molar-refractivity contribution is 0.0946. The van der Waals surface area contributed by atoms with Gasteiger partial charge in [-0.05, 0) is 42.7 Å². The summed E-state index contributed by atoms with van der Waals surface area (Å²) >= 11 is 6.12. The van der Waals surface area contributed by atoms with Gasteiger partial charge in [0.2, 0.25) is 5.82 Å². The van der Waals surface area contributed by atoms with Crippen LogP contribution < -0.4 is 10.6 Å². The normalized spacial score (nSPS) is 11.0. The van der Waals surface area contributed by atoms with Crippen LogP contribution in [0.25, 0.3) is 5.52 Å². The topological polar surface area (TPSA) is 75.5 Å². The quantitative estimate of drug-likeness (QED) is 0.699. The summed E-state index contributed by atoms with van der Waals surface area (Å²) in [5, 5.41) is 6.23. The second-order valence-corrected chi connectivity index (χ2v) is 7.12. The number of anilines is 1. The van der Waals surface area contributed by atoms with Crippen molar-refractivity contribution in [3.8, 4) is 0 Å². The zero-order chi connectivity index (χ0) is 19.6. The molecule has 0 atom stereocenters. The third kappa shape index (κ3) is 3.95.